The molecule has 1 aromatic rings. The van der Waals surface area contributed by atoms with Gasteiger partial charge in [-0.1, -0.05) is 38.0 Å². The summed E-state index contributed by atoms with van der Waals surface area (Å²) in [5.74, 6) is 0.313. The third-order valence-electron chi connectivity index (χ3n) is 4.64. The second-order valence-electron chi connectivity index (χ2n) is 5.74. The van der Waals surface area contributed by atoms with Crippen LogP contribution in [0.25, 0.3) is 0 Å². The van der Waals surface area contributed by atoms with Crippen molar-refractivity contribution in [2.45, 2.75) is 45.4 Å². The lowest BCUT2D eigenvalue weighted by molar-refractivity contribution is -0.117. The van der Waals surface area contributed by atoms with Crippen LogP contribution in [-0.4, -0.2) is 11.4 Å². The molecule has 0 radical (unpaired) electrons. The van der Waals surface area contributed by atoms with Crippen LogP contribution in [0.2, 0.25) is 0 Å². The molecule has 2 rings (SSSR count). The van der Waals surface area contributed by atoms with Gasteiger partial charge in [0.25, 0.3) is 0 Å². The van der Waals surface area contributed by atoms with Crippen LogP contribution >= 0.6 is 0 Å². The number of carbonyl (C=O) groups excluding carboxylic acids is 1. The summed E-state index contributed by atoms with van der Waals surface area (Å²) in [5.41, 5.74) is 1.44. The monoisotopic (exact) mass is 232 g/mol. The van der Waals surface area contributed by atoms with Crippen molar-refractivity contribution in [3.8, 4) is 5.75 Å². The summed E-state index contributed by atoms with van der Waals surface area (Å²) in [7, 11) is 0. The molecule has 0 amide bonds. The molecule has 2 nitrogen and oxygen atoms in total. The van der Waals surface area contributed by atoms with E-state index >= 15 is 0 Å². The number of carbonyl (C=O) groups is 1. The van der Waals surface area contributed by atoms with Crippen LogP contribution in [0.4, 0.5) is 0 Å². The average molecular weight is 232 g/mol. The molecule has 17 heavy (non-hydrogen) atoms. The second kappa shape index (κ2) is 3.86. The minimum absolute atomic E-state index is 0.245. The van der Waals surface area contributed by atoms with Crippen LogP contribution in [0.15, 0.2) is 18.2 Å². The van der Waals surface area contributed by atoms with Crippen molar-refractivity contribution in [1.29, 1.82) is 0 Å². The Morgan fingerprint density at radius 2 is 2.00 bits per heavy atom. The lowest BCUT2D eigenvalue weighted by atomic mass is 9.64. The van der Waals surface area contributed by atoms with Crippen molar-refractivity contribution in [2.75, 3.05) is 0 Å². The molecule has 0 unspecified atom stereocenters. The summed E-state index contributed by atoms with van der Waals surface area (Å²) in [6, 6.07) is 5.65. The summed E-state index contributed by atoms with van der Waals surface area (Å²) in [6.45, 7) is 6.12. The number of benzene rings is 1. The minimum Gasteiger partial charge on any atom is -0.508 e. The van der Waals surface area contributed by atoms with Crippen molar-refractivity contribution in [3.63, 3.8) is 0 Å². The van der Waals surface area contributed by atoms with E-state index in [9.17, 15) is 9.90 Å². The highest BCUT2D eigenvalue weighted by Crippen LogP contribution is 2.54. The summed E-state index contributed by atoms with van der Waals surface area (Å²) >= 11 is 0. The van der Waals surface area contributed by atoms with Gasteiger partial charge in [-0.15, -0.1) is 0 Å². The first-order chi connectivity index (χ1) is 7.93. The van der Waals surface area contributed by atoms with E-state index < -0.39 is 0 Å². The molecule has 2 atom stereocenters. The Labute approximate surface area is 103 Å². The normalized spacial score (nSPS) is 32.6. The van der Waals surface area contributed by atoms with Crippen LogP contribution < -0.4 is 0 Å². The number of hydrogen-bond acceptors (Lipinski definition) is 2. The topological polar surface area (TPSA) is 37.3 Å². The molecule has 1 aliphatic carbocycles. The summed E-state index contributed by atoms with van der Waals surface area (Å²) < 4.78 is 0. The second-order valence-corrected chi connectivity index (χ2v) is 5.74. The van der Waals surface area contributed by atoms with E-state index in [2.05, 4.69) is 6.92 Å². The minimum atomic E-state index is -0.363. The molecule has 0 aliphatic heterocycles. The average Bonchev–Trinajstić information content (AvgIpc) is 2.60. The van der Waals surface area contributed by atoms with Gasteiger partial charge in [0.05, 0.1) is 0 Å². The van der Waals surface area contributed by atoms with E-state index in [1.54, 1.807) is 6.07 Å². The number of aromatic hydroxyl groups is 1. The zero-order chi connectivity index (χ0) is 12.7. The lowest BCUT2D eigenvalue weighted by Gasteiger charge is -2.38. The quantitative estimate of drug-likeness (QED) is 0.794. The maximum absolute atomic E-state index is 11.4. The van der Waals surface area contributed by atoms with E-state index in [0.29, 0.717) is 5.75 Å². The fourth-order valence-electron chi connectivity index (χ4n) is 3.09. The van der Waals surface area contributed by atoms with Gasteiger partial charge in [0.2, 0.25) is 0 Å². The molecule has 2 heteroatoms. The zero-order valence-electron chi connectivity index (χ0n) is 10.8. The lowest BCUT2D eigenvalue weighted by Crippen LogP contribution is -2.37. The Kier molecular flexibility index (Phi) is 2.76. The smallest absolute Gasteiger partial charge is 0.126 e. The molecule has 1 aromatic carbocycles. The first kappa shape index (κ1) is 12.2. The van der Waals surface area contributed by atoms with Crippen molar-refractivity contribution in [2.24, 2.45) is 5.41 Å². The zero-order valence-corrected chi connectivity index (χ0v) is 10.8. The van der Waals surface area contributed by atoms with Gasteiger partial charge in [-0.05, 0) is 25.8 Å². The number of phenolic OH excluding ortho intramolecular Hbond substituents is 1. The van der Waals surface area contributed by atoms with Crippen LogP contribution in [0.3, 0.4) is 0 Å². The van der Waals surface area contributed by atoms with E-state index in [-0.39, 0.29) is 10.8 Å². The Morgan fingerprint density at radius 3 is 2.65 bits per heavy atom. The summed E-state index contributed by atoms with van der Waals surface area (Å²) in [5, 5.41) is 10.1. The number of hydrogen-bond donors (Lipinski definition) is 1. The molecule has 1 fully saturated rings. The Morgan fingerprint density at radius 1 is 1.29 bits per heavy atom. The Balaban J connectivity index is 2.58. The standard InChI is InChI=1S/C15H20O2/c1-11-5-6-13(17)12(9-11)15(3)8-4-7-14(15,2)10-16/h5-6,9-10,17H,4,7-8H2,1-3H3/t14-,15+/m1/s1. The van der Waals surface area contributed by atoms with Crippen molar-refractivity contribution in [1.82, 2.24) is 0 Å². The molecular formula is C15H20O2. The summed E-state index contributed by atoms with van der Waals surface area (Å²) in [6.07, 6.45) is 3.97. The van der Waals surface area contributed by atoms with Crippen molar-refractivity contribution >= 4 is 6.29 Å². The Hall–Kier alpha value is -1.31. The molecule has 1 aliphatic rings. The van der Waals surface area contributed by atoms with Gasteiger partial charge >= 0.3 is 0 Å². The molecule has 1 N–H and O–H groups in total. The highest BCUT2D eigenvalue weighted by molar-refractivity contribution is 5.65. The van der Waals surface area contributed by atoms with E-state index in [1.165, 1.54) is 0 Å². The molecule has 0 aromatic heterocycles. The van der Waals surface area contributed by atoms with Gasteiger partial charge < -0.3 is 9.90 Å². The van der Waals surface area contributed by atoms with Gasteiger partial charge in [-0.25, -0.2) is 0 Å². The van der Waals surface area contributed by atoms with Gasteiger partial charge in [0.1, 0.15) is 12.0 Å². The van der Waals surface area contributed by atoms with Crippen LogP contribution in [0, 0.1) is 12.3 Å². The fraction of sp³-hybridized carbons (Fsp3) is 0.533. The largest absolute Gasteiger partial charge is 0.508 e. The first-order valence-electron chi connectivity index (χ1n) is 6.19. The van der Waals surface area contributed by atoms with Crippen LogP contribution in [0.1, 0.15) is 44.2 Å². The van der Waals surface area contributed by atoms with E-state index in [4.69, 9.17) is 0 Å². The molecule has 92 valence electrons. The van der Waals surface area contributed by atoms with Gasteiger partial charge in [0.15, 0.2) is 0 Å². The third-order valence-corrected chi connectivity index (χ3v) is 4.64. The number of aldehydes is 1. The van der Waals surface area contributed by atoms with Gasteiger partial charge in [-0.3, -0.25) is 0 Å². The predicted octanol–water partition coefficient (Wildman–Crippen LogP) is 3.35. The summed E-state index contributed by atoms with van der Waals surface area (Å²) in [4.78, 5) is 11.4. The van der Waals surface area contributed by atoms with E-state index in [0.717, 1.165) is 36.7 Å². The molecule has 0 heterocycles. The van der Waals surface area contributed by atoms with Crippen LogP contribution in [-0.2, 0) is 10.2 Å². The third kappa shape index (κ3) is 1.67. The number of aryl methyl sites for hydroxylation is 1. The highest BCUT2D eigenvalue weighted by Gasteiger charge is 2.50. The molecule has 0 bridgehead atoms. The molecule has 0 spiro atoms. The van der Waals surface area contributed by atoms with E-state index in [1.807, 2.05) is 26.0 Å². The van der Waals surface area contributed by atoms with Gasteiger partial charge in [-0.2, -0.15) is 0 Å². The number of phenols is 1. The fourth-order valence-corrected chi connectivity index (χ4v) is 3.09. The Bertz CT molecular complexity index is 452. The highest BCUT2D eigenvalue weighted by atomic mass is 16.3. The molecule has 0 saturated heterocycles. The molecule has 1 saturated carbocycles. The van der Waals surface area contributed by atoms with Crippen molar-refractivity contribution in [3.05, 3.63) is 29.3 Å². The maximum Gasteiger partial charge on any atom is 0.126 e. The predicted molar refractivity (Wildman–Crippen MR) is 68.2 cm³/mol. The van der Waals surface area contributed by atoms with Crippen molar-refractivity contribution < 1.29 is 9.90 Å². The SMILES string of the molecule is Cc1ccc(O)c([C@]2(C)CCC[C@]2(C)C=O)c1. The number of rotatable bonds is 2. The van der Waals surface area contributed by atoms with Crippen LogP contribution in [0.5, 0.6) is 5.75 Å². The maximum atomic E-state index is 11.4. The first-order valence-corrected chi connectivity index (χ1v) is 6.19. The van der Waals surface area contributed by atoms with Gasteiger partial charge in [0, 0.05) is 16.4 Å². The molecular weight excluding hydrogens is 212 g/mol.